The summed E-state index contributed by atoms with van der Waals surface area (Å²) in [6.07, 6.45) is 1.71. The van der Waals surface area contributed by atoms with E-state index in [4.69, 9.17) is 0 Å². The second-order valence-electron chi connectivity index (χ2n) is 5.79. The number of carbonyl (C=O) groups is 1. The zero-order chi connectivity index (χ0) is 19.2. The Morgan fingerprint density at radius 2 is 1.89 bits per heavy atom. The number of ether oxygens (including phenoxy) is 1. The number of benzene rings is 2. The molecule has 0 bridgehead atoms. The van der Waals surface area contributed by atoms with Crippen LogP contribution in [0.4, 0.5) is 8.78 Å². The Morgan fingerprint density at radius 3 is 2.63 bits per heavy atom. The summed E-state index contributed by atoms with van der Waals surface area (Å²) in [6.45, 7) is -2.61. The first-order valence-corrected chi connectivity index (χ1v) is 8.28. The average molecular weight is 373 g/mol. The van der Waals surface area contributed by atoms with Gasteiger partial charge in [0.1, 0.15) is 12.3 Å². The van der Waals surface area contributed by atoms with Crippen LogP contribution in [0.25, 0.3) is 11.0 Å². The Bertz CT molecular complexity index is 987. The van der Waals surface area contributed by atoms with E-state index in [2.05, 4.69) is 15.0 Å². The fourth-order valence-corrected chi connectivity index (χ4v) is 2.66. The minimum absolute atomic E-state index is 0.0849. The van der Waals surface area contributed by atoms with Gasteiger partial charge in [-0.15, -0.1) is 0 Å². The normalized spacial score (nSPS) is 10.9. The van der Waals surface area contributed by atoms with Gasteiger partial charge in [-0.25, -0.2) is 4.98 Å². The van der Waals surface area contributed by atoms with Gasteiger partial charge in [-0.1, -0.05) is 24.3 Å². The van der Waals surface area contributed by atoms with E-state index in [1.165, 1.54) is 22.9 Å². The third kappa shape index (κ3) is 4.87. The molecule has 27 heavy (non-hydrogen) atoms. The lowest BCUT2D eigenvalue weighted by Crippen LogP contribution is -2.33. The van der Waals surface area contributed by atoms with Crippen LogP contribution in [0.3, 0.4) is 0 Å². The number of nitrogens with zero attached hydrogens (tertiary/aromatic N) is 2. The number of halogens is 2. The number of nitrogens with one attached hydrogen (secondary N) is 1. The summed E-state index contributed by atoms with van der Waals surface area (Å²) in [6, 6.07) is 13.3. The lowest BCUT2D eigenvalue weighted by Gasteiger charge is -2.10. The molecule has 2 aromatic carbocycles. The summed E-state index contributed by atoms with van der Waals surface area (Å²) in [5.41, 5.74) is 1.74. The summed E-state index contributed by atoms with van der Waals surface area (Å²) in [4.78, 5) is 28.3. The maximum Gasteiger partial charge on any atom is 0.387 e. The third-order valence-electron chi connectivity index (χ3n) is 3.94. The molecule has 0 radical (unpaired) electrons. The number of hydrogen-bond donors (Lipinski definition) is 1. The van der Waals surface area contributed by atoms with Gasteiger partial charge < -0.3 is 10.1 Å². The molecule has 0 aliphatic carbocycles. The Balaban J connectivity index is 1.56. The van der Waals surface area contributed by atoms with Crippen molar-refractivity contribution in [3.8, 4) is 5.75 Å². The van der Waals surface area contributed by atoms with Crippen LogP contribution in [-0.4, -0.2) is 28.6 Å². The first kappa shape index (κ1) is 18.5. The number of amides is 1. The third-order valence-corrected chi connectivity index (χ3v) is 3.94. The Morgan fingerprint density at radius 1 is 1.15 bits per heavy atom. The molecule has 1 amide bonds. The topological polar surface area (TPSA) is 73.2 Å². The van der Waals surface area contributed by atoms with Gasteiger partial charge in [-0.3, -0.25) is 14.2 Å². The average Bonchev–Trinajstić information content (AvgIpc) is 2.65. The standard InChI is InChI=1S/C19H17F2N3O3/c20-19(21)27-14-7-5-13(6-8-14)9-10-22-17(25)12-24-16-4-2-1-3-15(16)23-11-18(24)26/h1-8,11,19H,9-10,12H2,(H,22,25). The molecule has 3 aromatic rings. The maximum atomic E-state index is 12.2. The highest BCUT2D eigenvalue weighted by Crippen LogP contribution is 2.15. The second-order valence-corrected chi connectivity index (χ2v) is 5.79. The van der Waals surface area contributed by atoms with Crippen LogP contribution in [0.1, 0.15) is 5.56 Å². The molecule has 0 spiro atoms. The largest absolute Gasteiger partial charge is 0.435 e. The van der Waals surface area contributed by atoms with Crippen molar-refractivity contribution in [2.75, 3.05) is 6.54 Å². The molecular weight excluding hydrogens is 356 g/mol. The highest BCUT2D eigenvalue weighted by Gasteiger charge is 2.09. The van der Waals surface area contributed by atoms with Crippen molar-refractivity contribution in [1.82, 2.24) is 14.9 Å². The molecule has 0 saturated carbocycles. The number of hydrogen-bond acceptors (Lipinski definition) is 4. The molecule has 0 fully saturated rings. The SMILES string of the molecule is O=C(Cn1c(=O)cnc2ccccc21)NCCc1ccc(OC(F)F)cc1. The molecule has 6 nitrogen and oxygen atoms in total. The van der Waals surface area contributed by atoms with E-state index < -0.39 is 6.61 Å². The van der Waals surface area contributed by atoms with Crippen LogP contribution in [0.15, 0.2) is 59.5 Å². The number of alkyl halides is 2. The van der Waals surface area contributed by atoms with Gasteiger partial charge in [0.2, 0.25) is 5.91 Å². The van der Waals surface area contributed by atoms with E-state index in [0.717, 1.165) is 5.56 Å². The fourth-order valence-electron chi connectivity index (χ4n) is 2.66. The van der Waals surface area contributed by atoms with Gasteiger partial charge in [0.15, 0.2) is 0 Å². The first-order chi connectivity index (χ1) is 13.0. The van der Waals surface area contributed by atoms with E-state index in [1.807, 2.05) is 6.07 Å². The minimum Gasteiger partial charge on any atom is -0.435 e. The quantitative estimate of drug-likeness (QED) is 0.690. The van der Waals surface area contributed by atoms with E-state index in [0.29, 0.717) is 24.0 Å². The highest BCUT2D eigenvalue weighted by molar-refractivity contribution is 5.79. The van der Waals surface area contributed by atoms with Gasteiger partial charge in [-0.2, -0.15) is 8.78 Å². The van der Waals surface area contributed by atoms with Crippen molar-refractivity contribution in [2.45, 2.75) is 19.6 Å². The molecule has 3 rings (SSSR count). The molecule has 140 valence electrons. The number of para-hydroxylation sites is 2. The van der Waals surface area contributed by atoms with Crippen LogP contribution in [0.5, 0.6) is 5.75 Å². The number of fused-ring (bicyclic) bond motifs is 1. The molecule has 0 aliphatic rings. The number of rotatable bonds is 7. The molecule has 8 heteroatoms. The van der Waals surface area contributed by atoms with Gasteiger partial charge in [0.25, 0.3) is 5.56 Å². The van der Waals surface area contributed by atoms with Crippen molar-refractivity contribution in [3.05, 3.63) is 70.6 Å². The summed E-state index contributed by atoms with van der Waals surface area (Å²) >= 11 is 0. The van der Waals surface area contributed by atoms with Crippen molar-refractivity contribution in [1.29, 1.82) is 0 Å². The zero-order valence-corrected chi connectivity index (χ0v) is 14.3. The predicted molar refractivity (Wildman–Crippen MR) is 95.8 cm³/mol. The summed E-state index contributed by atoms with van der Waals surface area (Å²) < 4.78 is 29.9. The molecule has 0 saturated heterocycles. The van der Waals surface area contributed by atoms with E-state index in [-0.39, 0.29) is 23.8 Å². The monoisotopic (exact) mass is 373 g/mol. The summed E-state index contributed by atoms with van der Waals surface area (Å²) in [7, 11) is 0. The van der Waals surface area contributed by atoms with Crippen LogP contribution in [0, 0.1) is 0 Å². The van der Waals surface area contributed by atoms with Crippen molar-refractivity contribution < 1.29 is 18.3 Å². The van der Waals surface area contributed by atoms with Crippen LogP contribution < -0.4 is 15.6 Å². The zero-order valence-electron chi connectivity index (χ0n) is 14.3. The lowest BCUT2D eigenvalue weighted by atomic mass is 10.1. The van der Waals surface area contributed by atoms with Gasteiger partial charge >= 0.3 is 6.61 Å². The van der Waals surface area contributed by atoms with E-state index >= 15 is 0 Å². The van der Waals surface area contributed by atoms with Gasteiger partial charge in [0.05, 0.1) is 17.2 Å². The predicted octanol–water partition coefficient (Wildman–Crippen LogP) is 2.36. The van der Waals surface area contributed by atoms with E-state index in [9.17, 15) is 18.4 Å². The molecule has 1 aromatic heterocycles. The highest BCUT2D eigenvalue weighted by atomic mass is 19.3. The molecular formula is C19H17F2N3O3. The van der Waals surface area contributed by atoms with Gasteiger partial charge in [0, 0.05) is 6.54 Å². The molecule has 0 unspecified atom stereocenters. The van der Waals surface area contributed by atoms with E-state index in [1.54, 1.807) is 30.3 Å². The molecule has 1 heterocycles. The smallest absolute Gasteiger partial charge is 0.387 e. The Kier molecular flexibility index (Phi) is 5.75. The lowest BCUT2D eigenvalue weighted by molar-refractivity contribution is -0.121. The number of aromatic nitrogens is 2. The molecule has 1 N–H and O–H groups in total. The maximum absolute atomic E-state index is 12.2. The summed E-state index contributed by atoms with van der Waals surface area (Å²) in [5, 5.41) is 2.75. The van der Waals surface area contributed by atoms with Crippen LogP contribution >= 0.6 is 0 Å². The van der Waals surface area contributed by atoms with Crippen LogP contribution in [0.2, 0.25) is 0 Å². The first-order valence-electron chi connectivity index (χ1n) is 8.28. The molecule has 0 aliphatic heterocycles. The second kappa shape index (κ2) is 8.39. The fraction of sp³-hybridized carbons (Fsp3) is 0.211. The summed E-state index contributed by atoms with van der Waals surface area (Å²) in [5.74, 6) is -0.215. The minimum atomic E-state index is -2.86. The molecule has 0 atom stereocenters. The van der Waals surface area contributed by atoms with Crippen molar-refractivity contribution in [3.63, 3.8) is 0 Å². The van der Waals surface area contributed by atoms with Crippen molar-refractivity contribution >= 4 is 16.9 Å². The van der Waals surface area contributed by atoms with Gasteiger partial charge in [-0.05, 0) is 36.2 Å². The number of carbonyl (C=O) groups excluding carboxylic acids is 1. The Hall–Kier alpha value is -3.29. The Labute approximate surface area is 153 Å². The van der Waals surface area contributed by atoms with Crippen molar-refractivity contribution in [2.24, 2.45) is 0 Å². The van der Waals surface area contributed by atoms with Crippen LogP contribution in [-0.2, 0) is 17.8 Å².